The summed E-state index contributed by atoms with van der Waals surface area (Å²) in [7, 11) is 0. The summed E-state index contributed by atoms with van der Waals surface area (Å²) in [5.74, 6) is 0.411. The largest absolute Gasteiger partial charge is 0.379 e. The van der Waals surface area contributed by atoms with E-state index in [1.807, 2.05) is 29.5 Å². The summed E-state index contributed by atoms with van der Waals surface area (Å²) in [5.41, 5.74) is 2.62. The van der Waals surface area contributed by atoms with Gasteiger partial charge in [0.05, 0.1) is 13.2 Å². The lowest BCUT2D eigenvalue weighted by Crippen LogP contribution is -2.39. The van der Waals surface area contributed by atoms with E-state index in [0.717, 1.165) is 56.6 Å². The number of morpholine rings is 1. The molecule has 1 aliphatic rings. The van der Waals surface area contributed by atoms with Crippen LogP contribution in [0.15, 0.2) is 36.5 Å². The molecule has 0 atom stereocenters. The van der Waals surface area contributed by atoms with Gasteiger partial charge in [0.2, 0.25) is 0 Å². The van der Waals surface area contributed by atoms with Gasteiger partial charge in [-0.05, 0) is 31.2 Å². The maximum atomic E-state index is 14.3. The first-order chi connectivity index (χ1) is 12.7. The Bertz CT molecular complexity index is 904. The molecule has 0 amide bonds. The highest BCUT2D eigenvalue weighted by Crippen LogP contribution is 2.29. The van der Waals surface area contributed by atoms with Crippen molar-refractivity contribution < 1.29 is 9.13 Å². The molecule has 26 heavy (non-hydrogen) atoms. The third-order valence-electron chi connectivity index (χ3n) is 4.65. The van der Waals surface area contributed by atoms with Gasteiger partial charge in [-0.3, -0.25) is 14.3 Å². The van der Waals surface area contributed by atoms with Crippen molar-refractivity contribution in [3.8, 4) is 11.4 Å². The van der Waals surface area contributed by atoms with Gasteiger partial charge < -0.3 is 10.1 Å². The molecule has 0 radical (unpaired) electrons. The minimum atomic E-state index is -0.371. The van der Waals surface area contributed by atoms with Crippen LogP contribution in [-0.2, 0) is 4.74 Å². The Balaban J connectivity index is 1.67. The number of hydrogen-bond donors (Lipinski definition) is 1. The molecule has 0 bridgehead atoms. The van der Waals surface area contributed by atoms with E-state index in [9.17, 15) is 4.39 Å². The maximum absolute atomic E-state index is 14.3. The van der Waals surface area contributed by atoms with Crippen molar-refractivity contribution in [2.75, 3.05) is 44.7 Å². The number of halogens is 1. The summed E-state index contributed by atoms with van der Waals surface area (Å²) < 4.78 is 21.7. The van der Waals surface area contributed by atoms with E-state index in [4.69, 9.17) is 4.74 Å². The van der Waals surface area contributed by atoms with Crippen LogP contribution in [0.5, 0.6) is 0 Å². The quantitative estimate of drug-likeness (QED) is 0.762. The number of nitrogens with one attached hydrogen (secondary N) is 1. The minimum Gasteiger partial charge on any atom is -0.379 e. The highest BCUT2D eigenvalue weighted by Gasteiger charge is 2.19. The van der Waals surface area contributed by atoms with Crippen LogP contribution in [0.4, 0.5) is 10.2 Å². The fourth-order valence-corrected chi connectivity index (χ4v) is 3.30. The van der Waals surface area contributed by atoms with Crippen LogP contribution < -0.4 is 5.32 Å². The number of rotatable bonds is 5. The molecule has 6 nitrogen and oxygen atoms in total. The van der Waals surface area contributed by atoms with Crippen molar-refractivity contribution in [2.45, 2.75) is 6.92 Å². The monoisotopic (exact) mass is 355 g/mol. The summed E-state index contributed by atoms with van der Waals surface area (Å²) in [6, 6.07) is 8.89. The van der Waals surface area contributed by atoms with Gasteiger partial charge in [0.15, 0.2) is 5.82 Å². The molecule has 1 aliphatic heterocycles. The first-order valence-corrected chi connectivity index (χ1v) is 8.87. The highest BCUT2D eigenvalue weighted by atomic mass is 19.1. The fraction of sp³-hybridized carbons (Fsp3) is 0.368. The van der Waals surface area contributed by atoms with E-state index in [-0.39, 0.29) is 11.5 Å². The van der Waals surface area contributed by atoms with Gasteiger partial charge in [-0.2, -0.15) is 0 Å². The molecule has 1 fully saturated rings. The lowest BCUT2D eigenvalue weighted by Gasteiger charge is -2.26. The van der Waals surface area contributed by atoms with E-state index < -0.39 is 0 Å². The van der Waals surface area contributed by atoms with E-state index in [2.05, 4.69) is 20.2 Å². The summed E-state index contributed by atoms with van der Waals surface area (Å²) in [4.78, 5) is 11.2. The van der Waals surface area contributed by atoms with Gasteiger partial charge in [-0.1, -0.05) is 6.07 Å². The average molecular weight is 355 g/mol. The molecule has 4 heterocycles. The Hall–Kier alpha value is -2.51. The number of imidazole rings is 1. The molecule has 3 aromatic rings. The van der Waals surface area contributed by atoms with Crippen molar-refractivity contribution in [1.82, 2.24) is 19.3 Å². The zero-order valence-corrected chi connectivity index (χ0v) is 14.8. The number of anilines is 1. The van der Waals surface area contributed by atoms with Crippen LogP contribution >= 0.6 is 0 Å². The topological polar surface area (TPSA) is 54.7 Å². The molecule has 4 rings (SSSR count). The SMILES string of the molecule is Cc1cccc2nc(-c3ncccc3F)c(NCCN3CCOCC3)n12. The number of aromatic nitrogens is 3. The second kappa shape index (κ2) is 7.39. The summed E-state index contributed by atoms with van der Waals surface area (Å²) in [6.07, 6.45) is 1.59. The molecule has 7 heteroatoms. The lowest BCUT2D eigenvalue weighted by atomic mass is 10.2. The second-order valence-corrected chi connectivity index (χ2v) is 6.38. The predicted molar refractivity (Wildman–Crippen MR) is 98.9 cm³/mol. The Morgan fingerprint density at radius 2 is 2.00 bits per heavy atom. The van der Waals surface area contributed by atoms with Crippen LogP contribution in [0.25, 0.3) is 17.0 Å². The fourth-order valence-electron chi connectivity index (χ4n) is 3.30. The molecule has 0 aromatic carbocycles. The van der Waals surface area contributed by atoms with Gasteiger partial charge in [-0.15, -0.1) is 0 Å². The number of aryl methyl sites for hydroxylation is 1. The number of ether oxygens (including phenoxy) is 1. The third-order valence-corrected chi connectivity index (χ3v) is 4.65. The Morgan fingerprint density at radius 1 is 1.15 bits per heavy atom. The Labute approximate surface area is 151 Å². The summed E-state index contributed by atoms with van der Waals surface area (Å²) in [5, 5.41) is 3.46. The Kier molecular flexibility index (Phi) is 4.81. The van der Waals surface area contributed by atoms with Crippen molar-refractivity contribution in [3.63, 3.8) is 0 Å². The van der Waals surface area contributed by atoms with E-state index in [0.29, 0.717) is 5.69 Å². The smallest absolute Gasteiger partial charge is 0.151 e. The van der Waals surface area contributed by atoms with Gasteiger partial charge >= 0.3 is 0 Å². The highest BCUT2D eigenvalue weighted by molar-refractivity contribution is 5.75. The van der Waals surface area contributed by atoms with Gasteiger partial charge in [0, 0.05) is 38.1 Å². The molecule has 1 N–H and O–H groups in total. The molecular weight excluding hydrogens is 333 g/mol. The van der Waals surface area contributed by atoms with Crippen molar-refractivity contribution in [3.05, 3.63) is 48.0 Å². The van der Waals surface area contributed by atoms with Crippen molar-refractivity contribution >= 4 is 11.5 Å². The first-order valence-electron chi connectivity index (χ1n) is 8.87. The standard InChI is InChI=1S/C19H22FN5O/c1-14-4-2-6-16-23-18(17-15(20)5-3-7-21-17)19(25(14)16)22-8-9-24-10-12-26-13-11-24/h2-7,22H,8-13H2,1H3. The van der Waals surface area contributed by atoms with Crippen molar-refractivity contribution in [2.24, 2.45) is 0 Å². The number of hydrogen-bond acceptors (Lipinski definition) is 5. The van der Waals surface area contributed by atoms with Crippen molar-refractivity contribution in [1.29, 1.82) is 0 Å². The molecule has 0 aliphatic carbocycles. The number of fused-ring (bicyclic) bond motifs is 1. The zero-order chi connectivity index (χ0) is 17.9. The van der Waals surface area contributed by atoms with E-state index in [1.165, 1.54) is 6.07 Å². The summed E-state index contributed by atoms with van der Waals surface area (Å²) in [6.45, 7) is 7.08. The number of nitrogens with zero attached hydrogens (tertiary/aromatic N) is 4. The normalized spacial score (nSPS) is 15.5. The number of pyridine rings is 2. The molecular formula is C19H22FN5O. The van der Waals surface area contributed by atoms with Gasteiger partial charge in [0.1, 0.15) is 22.9 Å². The summed E-state index contributed by atoms with van der Waals surface area (Å²) >= 11 is 0. The third kappa shape index (κ3) is 3.27. The average Bonchev–Trinajstić information content (AvgIpc) is 3.03. The molecule has 0 saturated carbocycles. The van der Waals surface area contributed by atoms with E-state index >= 15 is 0 Å². The minimum absolute atomic E-state index is 0.268. The first kappa shape index (κ1) is 16.9. The van der Waals surface area contributed by atoms with Crippen LogP contribution in [0, 0.1) is 12.7 Å². The van der Waals surface area contributed by atoms with Crippen LogP contribution in [-0.4, -0.2) is 58.7 Å². The van der Waals surface area contributed by atoms with Crippen LogP contribution in [0.1, 0.15) is 5.69 Å². The zero-order valence-electron chi connectivity index (χ0n) is 14.8. The predicted octanol–water partition coefficient (Wildman–Crippen LogP) is 2.59. The maximum Gasteiger partial charge on any atom is 0.151 e. The van der Waals surface area contributed by atoms with Crippen LogP contribution in [0.3, 0.4) is 0 Å². The lowest BCUT2D eigenvalue weighted by molar-refractivity contribution is 0.0398. The molecule has 136 valence electrons. The van der Waals surface area contributed by atoms with Crippen LogP contribution in [0.2, 0.25) is 0 Å². The Morgan fingerprint density at radius 3 is 2.81 bits per heavy atom. The molecule has 0 spiro atoms. The molecule has 1 saturated heterocycles. The second-order valence-electron chi connectivity index (χ2n) is 6.38. The van der Waals surface area contributed by atoms with Gasteiger partial charge in [0.25, 0.3) is 0 Å². The molecule has 0 unspecified atom stereocenters. The molecule has 3 aromatic heterocycles. The van der Waals surface area contributed by atoms with Gasteiger partial charge in [-0.25, -0.2) is 9.37 Å². The van der Waals surface area contributed by atoms with E-state index in [1.54, 1.807) is 12.3 Å².